The van der Waals surface area contributed by atoms with Crippen molar-refractivity contribution >= 4 is 21.6 Å². The van der Waals surface area contributed by atoms with Crippen molar-refractivity contribution in [3.8, 4) is 0 Å². The highest BCUT2D eigenvalue weighted by Gasteiger charge is 2.17. The molecule has 0 spiro atoms. The van der Waals surface area contributed by atoms with Crippen molar-refractivity contribution in [1.82, 2.24) is 0 Å². The van der Waals surface area contributed by atoms with Crippen LogP contribution in [0.2, 0.25) is 0 Å². The van der Waals surface area contributed by atoms with Crippen LogP contribution in [0, 0.1) is 10.1 Å². The molecule has 7 nitrogen and oxygen atoms in total. The third-order valence-corrected chi connectivity index (χ3v) is 2.32. The summed E-state index contributed by atoms with van der Waals surface area (Å²) in [5, 5.41) is 10.4. The van der Waals surface area contributed by atoms with Gasteiger partial charge in [0.05, 0.1) is 4.92 Å². The number of rotatable bonds is 4. The van der Waals surface area contributed by atoms with E-state index < -0.39 is 26.6 Å². The van der Waals surface area contributed by atoms with Gasteiger partial charge in [-0.2, -0.15) is 8.42 Å². The normalized spacial score (nSPS) is 11.1. The number of hydrogen-bond acceptors (Lipinski definition) is 5. The Labute approximate surface area is 90.6 Å². The Balaban J connectivity index is 3.01. The van der Waals surface area contributed by atoms with Gasteiger partial charge in [-0.1, -0.05) is 12.1 Å². The van der Waals surface area contributed by atoms with Gasteiger partial charge in [0.25, 0.3) is 15.8 Å². The molecule has 0 amide bonds. The Bertz CT molecular complexity index is 535. The zero-order valence-electron chi connectivity index (χ0n) is 7.86. The minimum absolute atomic E-state index is 0.133. The second-order valence-corrected chi connectivity index (χ2v) is 4.41. The quantitative estimate of drug-likeness (QED) is 0.360. The van der Waals surface area contributed by atoms with Crippen LogP contribution in [0.5, 0.6) is 0 Å². The molecule has 16 heavy (non-hydrogen) atoms. The zero-order chi connectivity index (χ0) is 12.3. The molecule has 1 N–H and O–H groups in total. The van der Waals surface area contributed by atoms with Crippen LogP contribution in [-0.2, 0) is 10.1 Å². The van der Waals surface area contributed by atoms with Crippen LogP contribution >= 0.6 is 0 Å². The predicted molar refractivity (Wildman–Crippen MR) is 53.8 cm³/mol. The highest BCUT2D eigenvalue weighted by molar-refractivity contribution is 7.86. The molecular formula is C8H7NO6S. The summed E-state index contributed by atoms with van der Waals surface area (Å²) in [5.74, 6) is -1.99. The lowest BCUT2D eigenvalue weighted by Gasteiger charge is -1.98. The number of Topliss-reactive ketones (excluding diaryl/α,β-unsaturated/α-hetero) is 1. The SMILES string of the molecule is O=C(CS(=O)(=O)O)c1cccc([N+](=O)[O-])c1. The van der Waals surface area contributed by atoms with Crippen molar-refractivity contribution in [2.45, 2.75) is 0 Å². The maximum Gasteiger partial charge on any atom is 0.272 e. The molecule has 0 saturated heterocycles. The minimum Gasteiger partial charge on any atom is -0.293 e. The zero-order valence-corrected chi connectivity index (χ0v) is 8.68. The third-order valence-electron chi connectivity index (χ3n) is 1.69. The van der Waals surface area contributed by atoms with Gasteiger partial charge < -0.3 is 0 Å². The van der Waals surface area contributed by atoms with E-state index in [2.05, 4.69) is 0 Å². The van der Waals surface area contributed by atoms with Crippen molar-refractivity contribution in [2.24, 2.45) is 0 Å². The first-order valence-electron chi connectivity index (χ1n) is 4.02. The first kappa shape index (κ1) is 12.3. The summed E-state index contributed by atoms with van der Waals surface area (Å²) >= 11 is 0. The standard InChI is InChI=1S/C8H7NO6S/c10-8(5-16(13,14)15)6-2-1-3-7(4-6)9(11)12/h1-4H,5H2,(H,13,14,15). The number of nitro benzene ring substituents is 1. The van der Waals surface area contributed by atoms with Crippen LogP contribution < -0.4 is 0 Å². The summed E-state index contributed by atoms with van der Waals surface area (Å²) in [6.07, 6.45) is 0. The van der Waals surface area contributed by atoms with Crippen molar-refractivity contribution < 1.29 is 22.7 Å². The number of nitrogens with zero attached hydrogens (tertiary/aromatic N) is 1. The van der Waals surface area contributed by atoms with E-state index >= 15 is 0 Å². The number of hydrogen-bond donors (Lipinski definition) is 1. The van der Waals surface area contributed by atoms with Crippen molar-refractivity contribution in [3.05, 3.63) is 39.9 Å². The number of non-ortho nitro benzene ring substituents is 1. The molecule has 1 rings (SSSR count). The van der Waals surface area contributed by atoms with Gasteiger partial charge in [0.2, 0.25) is 0 Å². The van der Waals surface area contributed by atoms with Crippen LogP contribution in [0.3, 0.4) is 0 Å². The van der Waals surface area contributed by atoms with Gasteiger partial charge in [-0.25, -0.2) is 0 Å². The number of carbonyl (C=O) groups is 1. The fourth-order valence-electron chi connectivity index (χ4n) is 1.04. The molecule has 86 valence electrons. The maximum atomic E-state index is 11.3. The lowest BCUT2D eigenvalue weighted by Crippen LogP contribution is -2.15. The van der Waals surface area contributed by atoms with Crippen LogP contribution in [0.1, 0.15) is 10.4 Å². The molecule has 0 unspecified atom stereocenters. The third kappa shape index (κ3) is 3.41. The molecule has 0 fully saturated rings. The molecular weight excluding hydrogens is 238 g/mol. The average molecular weight is 245 g/mol. The van der Waals surface area contributed by atoms with Gasteiger partial charge in [-0.15, -0.1) is 0 Å². The van der Waals surface area contributed by atoms with Crippen molar-refractivity contribution in [3.63, 3.8) is 0 Å². The molecule has 0 heterocycles. The molecule has 0 aliphatic rings. The summed E-state index contributed by atoms with van der Waals surface area (Å²) in [4.78, 5) is 21.0. The van der Waals surface area contributed by atoms with Crippen LogP contribution in [0.25, 0.3) is 0 Å². The fourth-order valence-corrected chi connectivity index (χ4v) is 1.54. The summed E-state index contributed by atoms with van der Waals surface area (Å²) in [6, 6.07) is 4.62. The second-order valence-electron chi connectivity index (χ2n) is 2.96. The summed E-state index contributed by atoms with van der Waals surface area (Å²) in [7, 11) is -4.42. The summed E-state index contributed by atoms with van der Waals surface area (Å²) < 4.78 is 29.3. The Hall–Kier alpha value is -1.80. The first-order valence-corrected chi connectivity index (χ1v) is 5.63. The van der Waals surface area contributed by atoms with E-state index in [1.165, 1.54) is 18.2 Å². The second kappa shape index (κ2) is 4.37. The van der Waals surface area contributed by atoms with E-state index in [9.17, 15) is 23.3 Å². The van der Waals surface area contributed by atoms with Crippen molar-refractivity contribution in [2.75, 3.05) is 5.75 Å². The van der Waals surface area contributed by atoms with Crippen LogP contribution in [0.4, 0.5) is 5.69 Å². The Morgan fingerprint density at radius 2 is 2.06 bits per heavy atom. The molecule has 0 aliphatic heterocycles. The topological polar surface area (TPSA) is 115 Å². The number of nitro groups is 1. The van der Waals surface area contributed by atoms with E-state index in [-0.39, 0.29) is 11.3 Å². The maximum absolute atomic E-state index is 11.3. The predicted octanol–water partition coefficient (Wildman–Crippen LogP) is 0.665. The Kier molecular flexibility index (Phi) is 3.35. The summed E-state index contributed by atoms with van der Waals surface area (Å²) in [5.41, 5.74) is -0.451. The number of carbonyl (C=O) groups excluding carboxylic acids is 1. The molecule has 0 bridgehead atoms. The Morgan fingerprint density at radius 3 is 2.56 bits per heavy atom. The lowest BCUT2D eigenvalue weighted by molar-refractivity contribution is -0.384. The van der Waals surface area contributed by atoms with E-state index in [0.717, 1.165) is 6.07 Å². The fraction of sp³-hybridized carbons (Fsp3) is 0.125. The van der Waals surface area contributed by atoms with E-state index in [0.29, 0.717) is 0 Å². The van der Waals surface area contributed by atoms with Gasteiger partial charge in [0.15, 0.2) is 5.78 Å². The monoisotopic (exact) mass is 245 g/mol. The minimum atomic E-state index is -4.42. The van der Waals surface area contributed by atoms with Gasteiger partial charge >= 0.3 is 0 Å². The van der Waals surface area contributed by atoms with E-state index in [1.54, 1.807) is 0 Å². The largest absolute Gasteiger partial charge is 0.293 e. The van der Waals surface area contributed by atoms with Gasteiger partial charge in [0, 0.05) is 17.7 Å². The smallest absolute Gasteiger partial charge is 0.272 e. The molecule has 0 aliphatic carbocycles. The molecule has 0 saturated carbocycles. The Morgan fingerprint density at radius 1 is 1.44 bits per heavy atom. The van der Waals surface area contributed by atoms with Crippen molar-refractivity contribution in [1.29, 1.82) is 0 Å². The van der Waals surface area contributed by atoms with Gasteiger partial charge in [-0.3, -0.25) is 19.5 Å². The average Bonchev–Trinajstić information content (AvgIpc) is 2.15. The lowest BCUT2D eigenvalue weighted by atomic mass is 10.1. The number of benzene rings is 1. The van der Waals surface area contributed by atoms with E-state index in [4.69, 9.17) is 4.55 Å². The number of ketones is 1. The van der Waals surface area contributed by atoms with Crippen LogP contribution in [0.15, 0.2) is 24.3 Å². The first-order chi connectivity index (χ1) is 7.29. The van der Waals surface area contributed by atoms with Gasteiger partial charge in [0.1, 0.15) is 5.75 Å². The highest BCUT2D eigenvalue weighted by atomic mass is 32.2. The molecule has 0 aromatic heterocycles. The van der Waals surface area contributed by atoms with Crippen LogP contribution in [-0.4, -0.2) is 29.4 Å². The molecule has 1 aromatic rings. The highest BCUT2D eigenvalue weighted by Crippen LogP contribution is 2.13. The van der Waals surface area contributed by atoms with Gasteiger partial charge in [-0.05, 0) is 0 Å². The molecule has 8 heteroatoms. The summed E-state index contributed by atoms with van der Waals surface area (Å²) in [6.45, 7) is 0. The molecule has 0 atom stereocenters. The molecule has 1 aromatic carbocycles. The molecule has 0 radical (unpaired) electrons. The van der Waals surface area contributed by atoms with E-state index in [1.807, 2.05) is 0 Å².